The summed E-state index contributed by atoms with van der Waals surface area (Å²) >= 11 is 5.98. The fourth-order valence-corrected chi connectivity index (χ4v) is 5.16. The Bertz CT molecular complexity index is 987. The van der Waals surface area contributed by atoms with Gasteiger partial charge >= 0.3 is 6.36 Å². The maximum atomic E-state index is 12.9. The van der Waals surface area contributed by atoms with Crippen molar-refractivity contribution in [3.63, 3.8) is 0 Å². The molecule has 1 aliphatic carbocycles. The van der Waals surface area contributed by atoms with Crippen LogP contribution in [0.15, 0.2) is 42.5 Å². The molecule has 0 radical (unpaired) electrons. The monoisotopic (exact) mass is 526 g/mol. The molecule has 5 nitrogen and oxygen atoms in total. The number of likely N-dealkylation sites (tertiary alicyclic amines) is 1. The third-order valence-electron chi connectivity index (χ3n) is 6.51. The lowest BCUT2D eigenvalue weighted by atomic mass is 9.99. The lowest BCUT2D eigenvalue weighted by Crippen LogP contribution is -2.47. The summed E-state index contributed by atoms with van der Waals surface area (Å²) in [6.45, 7) is 6.18. The molecule has 2 atom stereocenters. The number of nitrogens with zero attached hydrogens (tertiary/aromatic N) is 1. The molecule has 2 aliphatic rings. The van der Waals surface area contributed by atoms with E-state index in [4.69, 9.17) is 11.6 Å². The van der Waals surface area contributed by atoms with Crippen molar-refractivity contribution in [2.75, 3.05) is 19.6 Å². The zero-order valence-electron chi connectivity index (χ0n) is 20.7. The van der Waals surface area contributed by atoms with Crippen LogP contribution < -0.4 is 10.1 Å². The number of benzene rings is 2. The highest BCUT2D eigenvalue weighted by Gasteiger charge is 2.33. The van der Waals surface area contributed by atoms with Gasteiger partial charge in [-0.15, -0.1) is 13.2 Å². The van der Waals surface area contributed by atoms with Crippen LogP contribution in [0.2, 0.25) is 5.02 Å². The molecule has 0 bridgehead atoms. The highest BCUT2D eigenvalue weighted by molar-refractivity contribution is 6.32. The molecule has 198 valence electrons. The Hall–Kier alpha value is -2.29. The van der Waals surface area contributed by atoms with Gasteiger partial charge in [-0.1, -0.05) is 55.8 Å². The average molecular weight is 527 g/mol. The first-order valence-electron chi connectivity index (χ1n) is 12.5. The van der Waals surface area contributed by atoms with Crippen LogP contribution in [0.4, 0.5) is 13.2 Å². The predicted molar refractivity (Wildman–Crippen MR) is 134 cm³/mol. The second-order valence-corrected chi connectivity index (χ2v) is 9.52. The first-order valence-corrected chi connectivity index (χ1v) is 12.9. The van der Waals surface area contributed by atoms with E-state index in [1.54, 1.807) is 0 Å². The topological polar surface area (TPSA) is 61.8 Å². The summed E-state index contributed by atoms with van der Waals surface area (Å²) in [5.74, 6) is -0.481. The number of ether oxygens (including phenoxy) is 1. The third kappa shape index (κ3) is 7.85. The fraction of sp³-hybridized carbons (Fsp3) is 0.519. The van der Waals surface area contributed by atoms with Crippen LogP contribution >= 0.6 is 11.6 Å². The summed E-state index contributed by atoms with van der Waals surface area (Å²) in [6, 6.07) is 11.2. The van der Waals surface area contributed by atoms with Crippen molar-refractivity contribution in [1.29, 1.82) is 0 Å². The second kappa shape index (κ2) is 12.8. The number of rotatable bonds is 8. The Morgan fingerprint density at radius 3 is 2.31 bits per heavy atom. The van der Waals surface area contributed by atoms with Crippen molar-refractivity contribution in [3.05, 3.63) is 64.2 Å². The molecule has 2 aromatic carbocycles. The van der Waals surface area contributed by atoms with E-state index in [9.17, 15) is 23.1 Å². The molecule has 0 aromatic heterocycles. The number of fused-ring (bicyclic) bond motifs is 1. The van der Waals surface area contributed by atoms with E-state index in [2.05, 4.69) is 27.1 Å². The largest absolute Gasteiger partial charge is 0.573 e. The smallest absolute Gasteiger partial charge is 0.404 e. The van der Waals surface area contributed by atoms with Crippen molar-refractivity contribution in [1.82, 2.24) is 10.2 Å². The maximum absolute atomic E-state index is 12.9. The van der Waals surface area contributed by atoms with Crippen molar-refractivity contribution in [3.8, 4) is 5.75 Å². The number of hydrogen-bond acceptors (Lipinski definition) is 4. The Morgan fingerprint density at radius 2 is 1.75 bits per heavy atom. The van der Waals surface area contributed by atoms with E-state index in [0.717, 1.165) is 44.8 Å². The zero-order chi connectivity index (χ0) is 26.3. The molecule has 1 amide bonds. The first kappa shape index (κ1) is 28.3. The Kier molecular flexibility index (Phi) is 10.0. The SMILES string of the molecule is CC.O=C(CC1Cc2ccccc2C1)NC(CN1CCCC1)C(O)c1ccc(OC(F)(F)F)c(Cl)c1. The minimum absolute atomic E-state index is 0.149. The number of carbonyl (C=O) groups is 1. The van der Waals surface area contributed by atoms with Gasteiger partial charge in [0, 0.05) is 13.0 Å². The first-order chi connectivity index (χ1) is 17.2. The number of nitrogens with one attached hydrogen (secondary N) is 1. The van der Waals surface area contributed by atoms with E-state index < -0.39 is 24.3 Å². The molecule has 0 saturated carbocycles. The van der Waals surface area contributed by atoms with Gasteiger partial charge in [0.2, 0.25) is 5.91 Å². The van der Waals surface area contributed by atoms with Gasteiger partial charge < -0.3 is 20.1 Å². The molecule has 1 saturated heterocycles. The quantitative estimate of drug-likeness (QED) is 0.464. The number of alkyl halides is 3. The molecule has 1 heterocycles. The van der Waals surface area contributed by atoms with Crippen LogP contribution in [-0.4, -0.2) is 48.0 Å². The maximum Gasteiger partial charge on any atom is 0.573 e. The average Bonchev–Trinajstić information content (AvgIpc) is 3.49. The van der Waals surface area contributed by atoms with Gasteiger partial charge in [-0.3, -0.25) is 4.79 Å². The van der Waals surface area contributed by atoms with Gasteiger partial charge in [0.05, 0.1) is 11.1 Å². The number of halogens is 4. The molecule has 36 heavy (non-hydrogen) atoms. The molecular weight excluding hydrogens is 493 g/mol. The van der Waals surface area contributed by atoms with Crippen LogP contribution in [0.3, 0.4) is 0 Å². The molecule has 1 fully saturated rings. The lowest BCUT2D eigenvalue weighted by Gasteiger charge is -2.29. The lowest BCUT2D eigenvalue weighted by molar-refractivity contribution is -0.274. The van der Waals surface area contributed by atoms with Crippen LogP contribution in [0.5, 0.6) is 5.75 Å². The van der Waals surface area contributed by atoms with Gasteiger partial charge in [0.15, 0.2) is 0 Å². The summed E-state index contributed by atoms with van der Waals surface area (Å²) in [5, 5.41) is 13.8. The molecule has 2 aromatic rings. The van der Waals surface area contributed by atoms with Crippen LogP contribution in [-0.2, 0) is 17.6 Å². The highest BCUT2D eigenvalue weighted by atomic mass is 35.5. The van der Waals surface area contributed by atoms with E-state index in [0.29, 0.717) is 18.5 Å². The number of carbonyl (C=O) groups excluding carboxylic acids is 1. The van der Waals surface area contributed by atoms with Crippen LogP contribution in [0.25, 0.3) is 0 Å². The van der Waals surface area contributed by atoms with E-state index in [-0.39, 0.29) is 16.8 Å². The van der Waals surface area contributed by atoms with E-state index in [1.807, 2.05) is 26.0 Å². The number of hydrogen-bond donors (Lipinski definition) is 2. The number of aliphatic hydroxyl groups excluding tert-OH is 1. The Morgan fingerprint density at radius 1 is 1.14 bits per heavy atom. The number of amides is 1. The summed E-state index contributed by atoms with van der Waals surface area (Å²) < 4.78 is 41.6. The fourth-order valence-electron chi connectivity index (χ4n) is 4.93. The van der Waals surface area contributed by atoms with E-state index >= 15 is 0 Å². The molecule has 4 rings (SSSR count). The molecule has 1 aliphatic heterocycles. The Labute approximate surface area is 215 Å². The van der Waals surface area contributed by atoms with Gasteiger partial charge in [-0.2, -0.15) is 0 Å². The minimum atomic E-state index is -4.87. The second-order valence-electron chi connectivity index (χ2n) is 9.11. The Balaban J connectivity index is 0.00000176. The van der Waals surface area contributed by atoms with Crippen LogP contribution in [0.1, 0.15) is 55.9 Å². The standard InChI is InChI=1S/C25H28ClF3N2O3.C2H6/c26-20-14-19(7-8-22(20)34-25(27,28)29)24(33)21(15-31-9-3-4-10-31)30-23(32)13-16-11-17-5-1-2-6-18(17)12-16;1-2/h1-2,5-8,14,16,21,24,33H,3-4,9-13,15H2,(H,30,32);1-2H3. The molecule has 0 spiro atoms. The predicted octanol–water partition coefficient (Wildman–Crippen LogP) is 5.68. The molecule has 2 N–H and O–H groups in total. The van der Waals surface area contributed by atoms with E-state index in [1.165, 1.54) is 23.3 Å². The molecule has 2 unspecified atom stereocenters. The summed E-state index contributed by atoms with van der Waals surface area (Å²) in [7, 11) is 0. The van der Waals surface area contributed by atoms with Gasteiger partial charge in [-0.05, 0) is 73.5 Å². The molecule has 9 heteroatoms. The van der Waals surface area contributed by atoms with Crippen molar-refractivity contribution >= 4 is 17.5 Å². The minimum Gasteiger partial charge on any atom is -0.404 e. The van der Waals surface area contributed by atoms with Gasteiger partial charge in [0.25, 0.3) is 0 Å². The van der Waals surface area contributed by atoms with Crippen molar-refractivity contribution < 1.29 is 27.8 Å². The number of aliphatic hydroxyl groups is 1. The summed E-state index contributed by atoms with van der Waals surface area (Å²) in [5.41, 5.74) is 2.85. The van der Waals surface area contributed by atoms with Crippen molar-refractivity contribution in [2.24, 2.45) is 5.92 Å². The normalized spacial score (nSPS) is 17.6. The zero-order valence-corrected chi connectivity index (χ0v) is 21.4. The van der Waals surface area contributed by atoms with Gasteiger partial charge in [0.1, 0.15) is 11.9 Å². The third-order valence-corrected chi connectivity index (χ3v) is 6.81. The molecular formula is C27H34ClF3N2O3. The van der Waals surface area contributed by atoms with Crippen LogP contribution in [0, 0.1) is 5.92 Å². The highest BCUT2D eigenvalue weighted by Crippen LogP contribution is 2.33. The summed E-state index contributed by atoms with van der Waals surface area (Å²) in [6.07, 6.45) is -1.87. The van der Waals surface area contributed by atoms with Crippen molar-refractivity contribution in [2.45, 2.75) is 64.5 Å². The van der Waals surface area contributed by atoms with Gasteiger partial charge in [-0.25, -0.2) is 0 Å². The summed E-state index contributed by atoms with van der Waals surface area (Å²) in [4.78, 5) is 15.1.